The zero-order valence-electron chi connectivity index (χ0n) is 11.3. The second-order valence-corrected chi connectivity index (χ2v) is 4.35. The van der Waals surface area contributed by atoms with Crippen LogP contribution in [0.5, 0.6) is 11.5 Å². The Morgan fingerprint density at radius 3 is 2.67 bits per heavy atom. The minimum atomic E-state index is -1.09. The van der Waals surface area contributed by atoms with Gasteiger partial charge in [0, 0.05) is 6.07 Å². The number of carbonyl (C=O) groups is 1. The largest absolute Gasteiger partial charge is 0.478 e. The molecule has 0 saturated heterocycles. The summed E-state index contributed by atoms with van der Waals surface area (Å²) in [5, 5.41) is 20.0. The van der Waals surface area contributed by atoms with Gasteiger partial charge in [0.2, 0.25) is 5.75 Å². The normalized spacial score (nSPS) is 10.1. The number of nitro groups is 1. The van der Waals surface area contributed by atoms with Crippen molar-refractivity contribution in [3.05, 3.63) is 63.7 Å². The van der Waals surface area contributed by atoms with Crippen LogP contribution in [-0.2, 0) is 6.42 Å². The first-order valence-electron chi connectivity index (χ1n) is 6.29. The van der Waals surface area contributed by atoms with E-state index < -0.39 is 10.9 Å². The molecule has 6 nitrogen and oxygen atoms in total. The van der Waals surface area contributed by atoms with Gasteiger partial charge < -0.3 is 9.84 Å². The molecule has 0 heterocycles. The summed E-state index contributed by atoms with van der Waals surface area (Å²) in [6.07, 6.45) is 0.676. The van der Waals surface area contributed by atoms with Gasteiger partial charge in [0.15, 0.2) is 0 Å². The van der Waals surface area contributed by atoms with Gasteiger partial charge in [0.25, 0.3) is 0 Å². The van der Waals surface area contributed by atoms with Gasteiger partial charge in [-0.2, -0.15) is 0 Å². The van der Waals surface area contributed by atoms with Gasteiger partial charge >= 0.3 is 11.7 Å². The Bertz CT molecular complexity index is 696. The molecule has 0 spiro atoms. The molecule has 6 heteroatoms. The van der Waals surface area contributed by atoms with E-state index in [1.807, 2.05) is 6.92 Å². The van der Waals surface area contributed by atoms with Crippen molar-refractivity contribution in [3.8, 4) is 11.5 Å². The smallest absolute Gasteiger partial charge is 0.335 e. The average Bonchev–Trinajstić information content (AvgIpc) is 2.47. The maximum absolute atomic E-state index is 11.1. The molecule has 0 amide bonds. The minimum Gasteiger partial charge on any atom is -0.478 e. The first-order chi connectivity index (χ1) is 10.0. The zero-order chi connectivity index (χ0) is 15.4. The molecule has 0 atom stereocenters. The average molecular weight is 287 g/mol. The quantitative estimate of drug-likeness (QED) is 0.669. The van der Waals surface area contributed by atoms with E-state index in [1.54, 1.807) is 12.1 Å². The first-order valence-corrected chi connectivity index (χ1v) is 6.29. The number of aryl methyl sites for hydroxylation is 1. The van der Waals surface area contributed by atoms with Gasteiger partial charge in [-0.15, -0.1) is 0 Å². The summed E-state index contributed by atoms with van der Waals surface area (Å²) < 4.78 is 5.46. The SMILES string of the molecule is CCc1ccc(Oc2cccc(C(=O)O)c2)c([N+](=O)[O-])c1. The fraction of sp³-hybridized carbons (Fsp3) is 0.133. The topological polar surface area (TPSA) is 89.7 Å². The zero-order valence-corrected chi connectivity index (χ0v) is 11.3. The molecule has 0 aliphatic heterocycles. The van der Waals surface area contributed by atoms with Gasteiger partial charge in [-0.3, -0.25) is 10.1 Å². The number of ether oxygens (including phenoxy) is 1. The van der Waals surface area contributed by atoms with Crippen molar-refractivity contribution in [2.75, 3.05) is 0 Å². The predicted octanol–water partition coefficient (Wildman–Crippen LogP) is 3.65. The number of nitrogens with zero attached hydrogens (tertiary/aromatic N) is 1. The van der Waals surface area contributed by atoms with E-state index in [2.05, 4.69) is 0 Å². The van der Waals surface area contributed by atoms with Crippen LogP contribution in [0.4, 0.5) is 5.69 Å². The van der Waals surface area contributed by atoms with E-state index in [0.29, 0.717) is 6.42 Å². The van der Waals surface area contributed by atoms with Crippen LogP contribution >= 0.6 is 0 Å². The molecule has 0 aliphatic carbocycles. The number of aromatic carboxylic acids is 1. The molecule has 0 bridgehead atoms. The van der Waals surface area contributed by atoms with E-state index in [4.69, 9.17) is 9.84 Å². The molecule has 108 valence electrons. The number of hydrogen-bond acceptors (Lipinski definition) is 4. The van der Waals surface area contributed by atoms with Crippen LogP contribution in [0.2, 0.25) is 0 Å². The van der Waals surface area contributed by atoms with Gasteiger partial charge in [0.1, 0.15) is 5.75 Å². The Morgan fingerprint density at radius 1 is 1.29 bits per heavy atom. The van der Waals surface area contributed by atoms with Crippen LogP contribution in [0.25, 0.3) is 0 Å². The van der Waals surface area contributed by atoms with Gasteiger partial charge in [-0.25, -0.2) is 4.79 Å². The summed E-state index contributed by atoms with van der Waals surface area (Å²) in [6.45, 7) is 1.90. The second-order valence-electron chi connectivity index (χ2n) is 4.35. The molecule has 21 heavy (non-hydrogen) atoms. The molecule has 0 aromatic heterocycles. The monoisotopic (exact) mass is 287 g/mol. The summed E-state index contributed by atoms with van der Waals surface area (Å²) in [5.74, 6) is -0.765. The van der Waals surface area contributed by atoms with Crippen LogP contribution in [0.15, 0.2) is 42.5 Å². The van der Waals surface area contributed by atoms with Crippen LogP contribution < -0.4 is 4.74 Å². The molecule has 2 aromatic rings. The first kappa shape index (κ1) is 14.5. The van der Waals surface area contributed by atoms with Gasteiger partial charge in [0.05, 0.1) is 10.5 Å². The van der Waals surface area contributed by atoms with Crippen LogP contribution in [-0.4, -0.2) is 16.0 Å². The summed E-state index contributed by atoms with van der Waals surface area (Å²) in [6, 6.07) is 10.5. The van der Waals surface area contributed by atoms with Crippen LogP contribution in [0.3, 0.4) is 0 Å². The van der Waals surface area contributed by atoms with E-state index in [-0.39, 0.29) is 22.7 Å². The van der Waals surface area contributed by atoms with E-state index in [9.17, 15) is 14.9 Å². The number of carboxylic acid groups (broad SMARTS) is 1. The number of rotatable bonds is 5. The molecule has 0 unspecified atom stereocenters. The fourth-order valence-electron chi connectivity index (χ4n) is 1.83. The maximum atomic E-state index is 11.1. The highest BCUT2D eigenvalue weighted by Gasteiger charge is 2.17. The standard InChI is InChI=1S/C15H13NO5/c1-2-10-6-7-14(13(8-10)16(19)20)21-12-5-3-4-11(9-12)15(17)18/h3-9H,2H2,1H3,(H,17,18). The summed E-state index contributed by atoms with van der Waals surface area (Å²) in [7, 11) is 0. The predicted molar refractivity (Wildman–Crippen MR) is 75.9 cm³/mol. The van der Waals surface area contributed by atoms with Crippen molar-refractivity contribution in [1.29, 1.82) is 0 Å². The van der Waals surface area contributed by atoms with Gasteiger partial charge in [-0.1, -0.05) is 19.1 Å². The molecule has 2 rings (SSSR count). The molecule has 0 aliphatic rings. The summed E-state index contributed by atoms with van der Waals surface area (Å²) in [4.78, 5) is 21.5. The lowest BCUT2D eigenvalue weighted by Crippen LogP contribution is -1.98. The maximum Gasteiger partial charge on any atom is 0.335 e. The Hall–Kier alpha value is -2.89. The number of nitro benzene ring substituents is 1. The lowest BCUT2D eigenvalue weighted by Gasteiger charge is -2.08. The van der Waals surface area contributed by atoms with Crippen molar-refractivity contribution in [3.63, 3.8) is 0 Å². The molecule has 1 N–H and O–H groups in total. The third-order valence-corrected chi connectivity index (χ3v) is 2.94. The summed E-state index contributed by atoms with van der Waals surface area (Å²) in [5.41, 5.74) is 0.740. The summed E-state index contributed by atoms with van der Waals surface area (Å²) >= 11 is 0. The van der Waals surface area contributed by atoms with Crippen molar-refractivity contribution < 1.29 is 19.6 Å². The third kappa shape index (κ3) is 3.36. The fourth-order valence-corrected chi connectivity index (χ4v) is 1.83. The minimum absolute atomic E-state index is 0.0559. The number of hydrogen-bond donors (Lipinski definition) is 1. The Kier molecular flexibility index (Phi) is 4.18. The molecular weight excluding hydrogens is 274 g/mol. The number of carboxylic acids is 1. The molecule has 0 radical (unpaired) electrons. The molecule has 2 aromatic carbocycles. The Labute approximate surface area is 120 Å². The number of benzene rings is 2. The van der Waals surface area contributed by atoms with Crippen molar-refractivity contribution >= 4 is 11.7 Å². The Morgan fingerprint density at radius 2 is 2.05 bits per heavy atom. The molecule has 0 saturated carbocycles. The third-order valence-electron chi connectivity index (χ3n) is 2.94. The lowest BCUT2D eigenvalue weighted by molar-refractivity contribution is -0.385. The van der Waals surface area contributed by atoms with Crippen LogP contribution in [0.1, 0.15) is 22.8 Å². The Balaban J connectivity index is 2.37. The van der Waals surface area contributed by atoms with Crippen molar-refractivity contribution in [2.24, 2.45) is 0 Å². The van der Waals surface area contributed by atoms with E-state index in [0.717, 1.165) is 5.56 Å². The van der Waals surface area contributed by atoms with E-state index >= 15 is 0 Å². The highest BCUT2D eigenvalue weighted by atomic mass is 16.6. The van der Waals surface area contributed by atoms with Crippen molar-refractivity contribution in [1.82, 2.24) is 0 Å². The highest BCUT2D eigenvalue weighted by Crippen LogP contribution is 2.32. The van der Waals surface area contributed by atoms with Crippen LogP contribution in [0, 0.1) is 10.1 Å². The highest BCUT2D eigenvalue weighted by molar-refractivity contribution is 5.88. The van der Waals surface area contributed by atoms with E-state index in [1.165, 1.54) is 30.3 Å². The lowest BCUT2D eigenvalue weighted by atomic mass is 10.1. The van der Waals surface area contributed by atoms with Gasteiger partial charge in [-0.05, 0) is 36.2 Å². The van der Waals surface area contributed by atoms with Crippen molar-refractivity contribution in [2.45, 2.75) is 13.3 Å². The second kappa shape index (κ2) is 6.04. The molecular formula is C15H13NO5. The molecule has 0 fully saturated rings.